The van der Waals surface area contributed by atoms with E-state index in [1.54, 1.807) is 37.3 Å². The summed E-state index contributed by atoms with van der Waals surface area (Å²) in [5.41, 5.74) is -0.271. The molecule has 0 aliphatic carbocycles. The van der Waals surface area contributed by atoms with Crippen LogP contribution in [0.4, 0.5) is 11.4 Å². The molecule has 0 fully saturated rings. The van der Waals surface area contributed by atoms with Gasteiger partial charge in [-0.2, -0.15) is 5.10 Å². The van der Waals surface area contributed by atoms with Crippen LogP contribution in [0.1, 0.15) is 30.0 Å². The maximum absolute atomic E-state index is 13.0. The van der Waals surface area contributed by atoms with Crippen molar-refractivity contribution in [3.05, 3.63) is 86.3 Å². The highest BCUT2D eigenvalue weighted by molar-refractivity contribution is 6.03. The fourth-order valence-electron chi connectivity index (χ4n) is 3.45. The highest BCUT2D eigenvalue weighted by atomic mass is 16.6. The third-order valence-electron chi connectivity index (χ3n) is 5.32. The second kappa shape index (κ2) is 11.2. The Balaban J connectivity index is 1.88. The van der Waals surface area contributed by atoms with Gasteiger partial charge in [0.2, 0.25) is 5.43 Å². The number of anilines is 1. The number of aryl methyl sites for hydroxylation is 1. The van der Waals surface area contributed by atoms with Gasteiger partial charge in [0.15, 0.2) is 5.69 Å². The molecule has 1 amide bonds. The van der Waals surface area contributed by atoms with E-state index in [-0.39, 0.29) is 17.1 Å². The van der Waals surface area contributed by atoms with Crippen LogP contribution in [0.5, 0.6) is 5.75 Å². The minimum atomic E-state index is -0.739. The molecular weight excluding hydrogens is 438 g/mol. The number of carbonyl (C=O) groups excluding carboxylic acids is 1. The van der Waals surface area contributed by atoms with Gasteiger partial charge in [0, 0.05) is 24.4 Å². The highest BCUT2D eigenvalue weighted by Crippen LogP contribution is 2.25. The van der Waals surface area contributed by atoms with Gasteiger partial charge in [-0.15, -0.1) is 0 Å². The Morgan fingerprint density at radius 3 is 2.53 bits per heavy atom. The highest BCUT2D eigenvalue weighted by Gasteiger charge is 2.21. The Labute approximate surface area is 196 Å². The second-order valence-corrected chi connectivity index (χ2v) is 7.48. The standard InChI is InChI=1S/C24H27N5O5/c1-4-27(5-2)14-15-34-22-13-9-6-10-18(22)25-24(31)23-21(30)16-17(3)28(26-23)19-11-7-8-12-20(19)29(32)33/h6-13,16H,4-5,14-15H2,1-3H3,(H,25,31). The molecule has 3 rings (SSSR count). The molecule has 1 aromatic heterocycles. The molecule has 0 aliphatic heterocycles. The number of rotatable bonds is 10. The number of ether oxygens (including phenoxy) is 1. The monoisotopic (exact) mass is 465 g/mol. The molecule has 0 saturated carbocycles. The summed E-state index contributed by atoms with van der Waals surface area (Å²) < 4.78 is 7.08. The lowest BCUT2D eigenvalue weighted by Crippen LogP contribution is -2.28. The van der Waals surface area contributed by atoms with Crippen molar-refractivity contribution < 1.29 is 14.5 Å². The molecule has 0 saturated heterocycles. The van der Waals surface area contributed by atoms with Gasteiger partial charge < -0.3 is 15.0 Å². The number of para-hydroxylation sites is 4. The average Bonchev–Trinajstić information content (AvgIpc) is 2.83. The molecule has 10 heteroatoms. The van der Waals surface area contributed by atoms with E-state index in [0.717, 1.165) is 19.6 Å². The van der Waals surface area contributed by atoms with Crippen molar-refractivity contribution in [2.45, 2.75) is 20.8 Å². The Bertz CT molecular complexity index is 1240. The van der Waals surface area contributed by atoms with Crippen LogP contribution in [0.2, 0.25) is 0 Å². The number of amides is 1. The first kappa shape index (κ1) is 24.6. The first-order chi connectivity index (χ1) is 16.3. The number of nitrogens with one attached hydrogen (secondary N) is 1. The number of benzene rings is 2. The average molecular weight is 466 g/mol. The van der Waals surface area contributed by atoms with Crippen LogP contribution >= 0.6 is 0 Å². The minimum Gasteiger partial charge on any atom is -0.490 e. The largest absolute Gasteiger partial charge is 0.490 e. The molecule has 0 spiro atoms. The van der Waals surface area contributed by atoms with Crippen LogP contribution < -0.4 is 15.5 Å². The summed E-state index contributed by atoms with van der Waals surface area (Å²) in [6, 6.07) is 14.1. The summed E-state index contributed by atoms with van der Waals surface area (Å²) in [6.45, 7) is 8.71. The molecular formula is C24H27N5O5. The van der Waals surface area contributed by atoms with Crippen LogP contribution in [0.25, 0.3) is 5.69 Å². The zero-order valence-corrected chi connectivity index (χ0v) is 19.4. The molecule has 0 unspecified atom stereocenters. The lowest BCUT2D eigenvalue weighted by Gasteiger charge is -2.19. The van der Waals surface area contributed by atoms with E-state index in [0.29, 0.717) is 23.7 Å². The number of likely N-dealkylation sites (N-methyl/N-ethyl adjacent to an activating group) is 1. The summed E-state index contributed by atoms with van der Waals surface area (Å²) in [6.07, 6.45) is 0. The van der Waals surface area contributed by atoms with Gasteiger partial charge in [0.25, 0.3) is 11.6 Å². The van der Waals surface area contributed by atoms with Crippen molar-refractivity contribution in [2.75, 3.05) is 31.6 Å². The van der Waals surface area contributed by atoms with Gasteiger partial charge in [-0.3, -0.25) is 19.7 Å². The van der Waals surface area contributed by atoms with E-state index in [9.17, 15) is 19.7 Å². The van der Waals surface area contributed by atoms with E-state index >= 15 is 0 Å². The van der Waals surface area contributed by atoms with Crippen molar-refractivity contribution in [2.24, 2.45) is 0 Å². The van der Waals surface area contributed by atoms with Crippen molar-refractivity contribution in [3.8, 4) is 11.4 Å². The fourth-order valence-corrected chi connectivity index (χ4v) is 3.45. The molecule has 178 valence electrons. The topological polar surface area (TPSA) is 120 Å². The molecule has 1 N–H and O–H groups in total. The number of hydrogen-bond acceptors (Lipinski definition) is 7. The molecule has 0 atom stereocenters. The smallest absolute Gasteiger partial charge is 0.294 e. The van der Waals surface area contributed by atoms with Gasteiger partial charge in [-0.1, -0.05) is 38.1 Å². The molecule has 10 nitrogen and oxygen atoms in total. The molecule has 1 heterocycles. The van der Waals surface area contributed by atoms with Crippen LogP contribution in [0.3, 0.4) is 0 Å². The lowest BCUT2D eigenvalue weighted by molar-refractivity contribution is -0.384. The van der Waals surface area contributed by atoms with E-state index < -0.39 is 16.3 Å². The number of nitro groups is 1. The fraction of sp³-hybridized carbons (Fsp3) is 0.292. The predicted molar refractivity (Wildman–Crippen MR) is 129 cm³/mol. The number of nitrogens with zero attached hydrogens (tertiary/aromatic N) is 4. The predicted octanol–water partition coefficient (Wildman–Crippen LogP) is 3.42. The van der Waals surface area contributed by atoms with Crippen molar-refractivity contribution in [1.29, 1.82) is 0 Å². The molecule has 34 heavy (non-hydrogen) atoms. The third kappa shape index (κ3) is 5.65. The van der Waals surface area contributed by atoms with E-state index in [4.69, 9.17) is 4.74 Å². The second-order valence-electron chi connectivity index (χ2n) is 7.48. The Morgan fingerprint density at radius 2 is 1.82 bits per heavy atom. The van der Waals surface area contributed by atoms with Gasteiger partial charge >= 0.3 is 0 Å². The number of aromatic nitrogens is 2. The summed E-state index contributed by atoms with van der Waals surface area (Å²) in [5.74, 6) is -0.272. The van der Waals surface area contributed by atoms with Crippen LogP contribution in [-0.4, -0.2) is 51.8 Å². The quantitative estimate of drug-likeness (QED) is 0.360. The Kier molecular flexibility index (Phi) is 8.10. The summed E-state index contributed by atoms with van der Waals surface area (Å²) >= 11 is 0. The van der Waals surface area contributed by atoms with Crippen LogP contribution in [0.15, 0.2) is 59.4 Å². The summed E-state index contributed by atoms with van der Waals surface area (Å²) in [4.78, 5) is 38.7. The Hall–Kier alpha value is -4.05. The first-order valence-corrected chi connectivity index (χ1v) is 11.0. The summed E-state index contributed by atoms with van der Waals surface area (Å²) in [7, 11) is 0. The maximum Gasteiger partial charge on any atom is 0.294 e. The molecule has 0 radical (unpaired) electrons. The molecule has 0 aliphatic rings. The van der Waals surface area contributed by atoms with Gasteiger partial charge in [-0.05, 0) is 38.2 Å². The van der Waals surface area contributed by atoms with E-state index in [1.807, 2.05) is 0 Å². The molecule has 2 aromatic carbocycles. The number of carbonyl (C=O) groups is 1. The zero-order valence-electron chi connectivity index (χ0n) is 19.4. The number of hydrogen-bond donors (Lipinski definition) is 1. The van der Waals surface area contributed by atoms with Gasteiger partial charge in [0.1, 0.15) is 18.0 Å². The van der Waals surface area contributed by atoms with Crippen molar-refractivity contribution in [3.63, 3.8) is 0 Å². The minimum absolute atomic E-state index is 0.152. The Morgan fingerprint density at radius 1 is 1.15 bits per heavy atom. The van der Waals surface area contributed by atoms with Crippen LogP contribution in [-0.2, 0) is 0 Å². The van der Waals surface area contributed by atoms with Gasteiger partial charge in [0.05, 0.1) is 10.6 Å². The van der Waals surface area contributed by atoms with Crippen molar-refractivity contribution >= 4 is 17.3 Å². The van der Waals surface area contributed by atoms with Gasteiger partial charge in [-0.25, -0.2) is 4.68 Å². The zero-order chi connectivity index (χ0) is 24.7. The maximum atomic E-state index is 13.0. The SMILES string of the molecule is CCN(CC)CCOc1ccccc1NC(=O)c1nn(-c2ccccc2[N+](=O)[O-])c(C)cc1=O. The number of nitro benzene ring substituents is 1. The van der Waals surface area contributed by atoms with E-state index in [1.165, 1.54) is 28.9 Å². The van der Waals surface area contributed by atoms with E-state index in [2.05, 4.69) is 29.2 Å². The third-order valence-corrected chi connectivity index (χ3v) is 5.32. The molecule has 0 bridgehead atoms. The molecule has 3 aromatic rings. The first-order valence-electron chi connectivity index (χ1n) is 11.0. The van der Waals surface area contributed by atoms with Crippen molar-refractivity contribution in [1.82, 2.24) is 14.7 Å². The van der Waals surface area contributed by atoms with Crippen LogP contribution in [0, 0.1) is 17.0 Å². The normalized spacial score (nSPS) is 10.8. The summed E-state index contributed by atoms with van der Waals surface area (Å²) in [5, 5.41) is 18.3. The lowest BCUT2D eigenvalue weighted by atomic mass is 10.2.